The molecule has 2 atom stereocenters. The molecular formula is C19H17ClN2O3S2. The van der Waals surface area contributed by atoms with E-state index in [9.17, 15) is 4.79 Å². The number of thiocarbonyl (C=S) groups is 1. The summed E-state index contributed by atoms with van der Waals surface area (Å²) in [5.41, 5.74) is 1.76. The molecule has 0 aromatic heterocycles. The van der Waals surface area contributed by atoms with Crippen LogP contribution in [-0.4, -0.2) is 41.9 Å². The number of anilines is 1. The van der Waals surface area contributed by atoms with E-state index in [1.807, 2.05) is 35.2 Å². The molecule has 2 aliphatic rings. The largest absolute Gasteiger partial charge is 0.493 e. The normalized spacial score (nSPS) is 21.6. The molecule has 2 heterocycles. The summed E-state index contributed by atoms with van der Waals surface area (Å²) in [5, 5.41) is 1.08. The average molecular weight is 421 g/mol. The Bertz CT molecular complexity index is 906. The lowest BCUT2D eigenvalue weighted by molar-refractivity contribution is -0.119. The Morgan fingerprint density at radius 2 is 1.81 bits per heavy atom. The van der Waals surface area contributed by atoms with E-state index in [1.54, 1.807) is 43.0 Å². The van der Waals surface area contributed by atoms with E-state index in [0.29, 0.717) is 27.4 Å². The molecule has 27 heavy (non-hydrogen) atoms. The SMILES string of the molecule is COc1ccc(C2SCC3C(=O)N(c4ccc(Cl)cc4)C(=S)N32)cc1OC. The Morgan fingerprint density at radius 3 is 2.48 bits per heavy atom. The summed E-state index contributed by atoms with van der Waals surface area (Å²) in [7, 11) is 3.22. The van der Waals surface area contributed by atoms with Gasteiger partial charge in [-0.2, -0.15) is 0 Å². The summed E-state index contributed by atoms with van der Waals surface area (Å²) in [5.74, 6) is 2.01. The average Bonchev–Trinajstić information content (AvgIpc) is 3.23. The number of carbonyl (C=O) groups is 1. The summed E-state index contributed by atoms with van der Waals surface area (Å²) >= 11 is 13.4. The Balaban J connectivity index is 1.67. The third-order valence-electron chi connectivity index (χ3n) is 4.70. The molecule has 0 aliphatic carbocycles. The van der Waals surface area contributed by atoms with Crippen molar-refractivity contribution in [2.75, 3.05) is 24.9 Å². The molecular weight excluding hydrogens is 404 g/mol. The van der Waals surface area contributed by atoms with Gasteiger partial charge in [0.1, 0.15) is 11.4 Å². The molecule has 0 N–H and O–H groups in total. The van der Waals surface area contributed by atoms with Crippen molar-refractivity contribution >= 4 is 52.3 Å². The van der Waals surface area contributed by atoms with Crippen molar-refractivity contribution in [1.29, 1.82) is 0 Å². The van der Waals surface area contributed by atoms with Gasteiger partial charge in [-0.25, -0.2) is 0 Å². The van der Waals surface area contributed by atoms with Crippen LogP contribution in [0.2, 0.25) is 5.02 Å². The summed E-state index contributed by atoms with van der Waals surface area (Å²) < 4.78 is 10.7. The van der Waals surface area contributed by atoms with Crippen LogP contribution in [0.25, 0.3) is 0 Å². The maximum Gasteiger partial charge on any atom is 0.257 e. The van der Waals surface area contributed by atoms with Crippen molar-refractivity contribution in [1.82, 2.24) is 4.90 Å². The second kappa shape index (κ2) is 7.22. The standard InChI is InChI=1S/C19H17ClN2O3S2/c1-24-15-8-3-11(9-16(15)25-2)18-22-14(10-27-18)17(23)21(19(22)26)13-6-4-12(20)5-7-13/h3-9,14,18H,10H2,1-2H3. The topological polar surface area (TPSA) is 42.0 Å². The van der Waals surface area contributed by atoms with Gasteiger partial charge in [-0.1, -0.05) is 17.7 Å². The van der Waals surface area contributed by atoms with E-state index in [4.69, 9.17) is 33.3 Å². The molecule has 0 bridgehead atoms. The minimum Gasteiger partial charge on any atom is -0.493 e. The van der Waals surface area contributed by atoms with E-state index in [-0.39, 0.29) is 17.3 Å². The number of amides is 1. The third-order valence-corrected chi connectivity index (χ3v) is 6.66. The molecule has 0 spiro atoms. The van der Waals surface area contributed by atoms with Gasteiger partial charge in [-0.3, -0.25) is 9.69 Å². The lowest BCUT2D eigenvalue weighted by Crippen LogP contribution is -2.33. The van der Waals surface area contributed by atoms with Gasteiger partial charge in [0.25, 0.3) is 5.91 Å². The van der Waals surface area contributed by atoms with Gasteiger partial charge in [0.05, 0.1) is 19.9 Å². The molecule has 5 nitrogen and oxygen atoms in total. The van der Waals surface area contributed by atoms with Crippen molar-refractivity contribution in [3.8, 4) is 11.5 Å². The fourth-order valence-electron chi connectivity index (χ4n) is 3.38. The number of ether oxygens (including phenoxy) is 2. The van der Waals surface area contributed by atoms with E-state index >= 15 is 0 Å². The Labute approximate surface area is 172 Å². The van der Waals surface area contributed by atoms with Gasteiger partial charge in [-0.05, 0) is 54.2 Å². The first-order valence-electron chi connectivity index (χ1n) is 8.30. The molecule has 2 aromatic rings. The summed E-state index contributed by atoms with van der Waals surface area (Å²) in [6, 6.07) is 12.7. The molecule has 1 amide bonds. The lowest BCUT2D eigenvalue weighted by atomic mass is 10.1. The van der Waals surface area contributed by atoms with E-state index in [1.165, 1.54) is 0 Å². The quantitative estimate of drug-likeness (QED) is 0.693. The Kier molecular flexibility index (Phi) is 4.92. The Hall–Kier alpha value is -1.96. The van der Waals surface area contributed by atoms with Crippen LogP contribution in [0.3, 0.4) is 0 Å². The zero-order valence-corrected chi connectivity index (χ0v) is 17.1. The van der Waals surface area contributed by atoms with Crippen molar-refractivity contribution in [3.05, 3.63) is 53.1 Å². The number of nitrogens with zero attached hydrogens (tertiary/aromatic N) is 2. The first-order valence-corrected chi connectivity index (χ1v) is 10.1. The van der Waals surface area contributed by atoms with Gasteiger partial charge in [0.2, 0.25) is 0 Å². The molecule has 0 radical (unpaired) electrons. The maximum atomic E-state index is 13.0. The molecule has 2 aliphatic heterocycles. The highest BCUT2D eigenvalue weighted by Gasteiger charge is 2.50. The summed E-state index contributed by atoms with van der Waals surface area (Å²) in [6.45, 7) is 0. The molecule has 140 valence electrons. The van der Waals surface area contributed by atoms with Crippen LogP contribution in [-0.2, 0) is 4.79 Å². The predicted octanol–water partition coefficient (Wildman–Crippen LogP) is 4.10. The van der Waals surface area contributed by atoms with Gasteiger partial charge in [-0.15, -0.1) is 11.8 Å². The first kappa shape index (κ1) is 18.4. The zero-order valence-electron chi connectivity index (χ0n) is 14.7. The molecule has 0 saturated carbocycles. The highest BCUT2D eigenvalue weighted by molar-refractivity contribution is 7.99. The first-order chi connectivity index (χ1) is 13.0. The highest BCUT2D eigenvalue weighted by atomic mass is 35.5. The van der Waals surface area contributed by atoms with Crippen LogP contribution in [0.5, 0.6) is 11.5 Å². The monoisotopic (exact) mass is 420 g/mol. The van der Waals surface area contributed by atoms with Crippen LogP contribution >= 0.6 is 35.6 Å². The fraction of sp³-hybridized carbons (Fsp3) is 0.263. The van der Waals surface area contributed by atoms with Gasteiger partial charge < -0.3 is 14.4 Å². The van der Waals surface area contributed by atoms with Crippen molar-refractivity contribution < 1.29 is 14.3 Å². The van der Waals surface area contributed by atoms with E-state index in [2.05, 4.69) is 0 Å². The van der Waals surface area contributed by atoms with Gasteiger partial charge in [0, 0.05) is 10.8 Å². The zero-order chi connectivity index (χ0) is 19.1. The number of benzene rings is 2. The lowest BCUT2D eigenvalue weighted by Gasteiger charge is -2.26. The number of fused-ring (bicyclic) bond motifs is 1. The number of thioether (sulfide) groups is 1. The Morgan fingerprint density at radius 1 is 1.11 bits per heavy atom. The van der Waals surface area contributed by atoms with E-state index in [0.717, 1.165) is 11.3 Å². The minimum absolute atomic E-state index is 0.00204. The minimum atomic E-state index is -0.267. The molecule has 2 saturated heterocycles. The van der Waals surface area contributed by atoms with Crippen molar-refractivity contribution in [3.63, 3.8) is 0 Å². The van der Waals surface area contributed by atoms with Crippen molar-refractivity contribution in [2.45, 2.75) is 11.4 Å². The van der Waals surface area contributed by atoms with E-state index < -0.39 is 0 Å². The van der Waals surface area contributed by atoms with Crippen LogP contribution in [0.4, 0.5) is 5.69 Å². The smallest absolute Gasteiger partial charge is 0.257 e. The van der Waals surface area contributed by atoms with Crippen LogP contribution < -0.4 is 14.4 Å². The number of carbonyl (C=O) groups excluding carboxylic acids is 1. The second-order valence-corrected chi connectivity index (χ2v) is 8.07. The number of methoxy groups -OCH3 is 2. The third kappa shape index (κ3) is 3.03. The predicted molar refractivity (Wildman–Crippen MR) is 112 cm³/mol. The van der Waals surface area contributed by atoms with Gasteiger partial charge in [0.15, 0.2) is 16.6 Å². The highest BCUT2D eigenvalue weighted by Crippen LogP contribution is 2.47. The fourth-order valence-corrected chi connectivity index (χ4v) is 5.41. The van der Waals surface area contributed by atoms with Crippen LogP contribution in [0, 0.1) is 0 Å². The van der Waals surface area contributed by atoms with Crippen molar-refractivity contribution in [2.24, 2.45) is 0 Å². The summed E-state index contributed by atoms with van der Waals surface area (Å²) in [6.07, 6.45) is 0. The molecule has 2 aromatic carbocycles. The molecule has 2 unspecified atom stereocenters. The second-order valence-electron chi connectivity index (χ2n) is 6.16. The number of hydrogen-bond acceptors (Lipinski definition) is 5. The number of halogens is 1. The summed E-state index contributed by atoms with van der Waals surface area (Å²) in [4.78, 5) is 16.6. The van der Waals surface area contributed by atoms with Gasteiger partial charge >= 0.3 is 0 Å². The maximum absolute atomic E-state index is 13.0. The molecule has 8 heteroatoms. The number of hydrogen-bond donors (Lipinski definition) is 0. The number of rotatable bonds is 4. The van der Waals surface area contributed by atoms with Crippen LogP contribution in [0.15, 0.2) is 42.5 Å². The molecule has 2 fully saturated rings. The molecule has 4 rings (SSSR count). The van der Waals surface area contributed by atoms with Crippen LogP contribution in [0.1, 0.15) is 10.9 Å².